The maximum Gasteiger partial charge on any atom is 0.306 e. The van der Waals surface area contributed by atoms with Gasteiger partial charge in [0, 0.05) is 12.8 Å². The maximum atomic E-state index is 12.4. The van der Waals surface area contributed by atoms with Gasteiger partial charge in [-0.05, 0) is 44.9 Å². The fourth-order valence-electron chi connectivity index (χ4n) is 3.66. The molecule has 0 aromatic heterocycles. The highest BCUT2D eigenvalue weighted by atomic mass is 31.2. The molecule has 0 aliphatic rings. The number of allylic oxidation sites excluding steroid dienone is 6. The van der Waals surface area contributed by atoms with E-state index in [0.717, 1.165) is 64.2 Å². The number of likely N-dealkylation sites (N-methyl/N-ethyl adjacent to an activating group) is 1. The normalized spacial score (nSPS) is 14.5. The second-order valence-corrected chi connectivity index (χ2v) is 12.9. The summed E-state index contributed by atoms with van der Waals surface area (Å²) in [7, 11) is 1.14. The van der Waals surface area contributed by atoms with Crippen molar-refractivity contribution in [1.82, 2.24) is 0 Å². The maximum absolute atomic E-state index is 12.4. The standard InChI is InChI=1S/C32H58NO8P/c1-6-8-10-11-12-13-14-15-16-17-18-19-20-21-23-25-32(35)41-30(28-38-31(34)24-22-9-7-2)29-40-42(36,37)39-27-26-33(3,4)5/h8,10,12-13,15-16,30H,6-7,9,11,14,17-29H2,1-5H3/b10-8-,13-12-,16-15-. The molecule has 0 N–H and O–H groups in total. The fraction of sp³-hybridized carbons (Fsp3) is 0.750. The van der Waals surface area contributed by atoms with Gasteiger partial charge in [-0.25, -0.2) is 0 Å². The molecular formula is C32H58NO8P. The summed E-state index contributed by atoms with van der Waals surface area (Å²) in [6, 6.07) is 0. The Morgan fingerprint density at radius 3 is 2.02 bits per heavy atom. The third kappa shape index (κ3) is 28.4. The molecule has 0 aromatic rings. The summed E-state index contributed by atoms with van der Waals surface area (Å²) < 4.78 is 33.2. The Morgan fingerprint density at radius 1 is 0.762 bits per heavy atom. The molecule has 2 unspecified atom stereocenters. The van der Waals surface area contributed by atoms with Crippen molar-refractivity contribution < 1.29 is 42.1 Å². The molecule has 42 heavy (non-hydrogen) atoms. The number of phosphoric ester groups is 1. The van der Waals surface area contributed by atoms with Crippen LogP contribution in [0.25, 0.3) is 0 Å². The topological polar surface area (TPSA) is 111 Å². The van der Waals surface area contributed by atoms with Gasteiger partial charge in [0.15, 0.2) is 6.10 Å². The number of quaternary nitrogens is 1. The largest absolute Gasteiger partial charge is 0.756 e. The van der Waals surface area contributed by atoms with E-state index >= 15 is 0 Å². The zero-order valence-corrected chi connectivity index (χ0v) is 27.8. The Balaban J connectivity index is 4.39. The number of phosphoric acid groups is 1. The summed E-state index contributed by atoms with van der Waals surface area (Å²) in [5.74, 6) is -0.890. The Kier molecular flexibility index (Phi) is 24.6. The number of hydrogen-bond donors (Lipinski definition) is 0. The molecule has 244 valence electrons. The van der Waals surface area contributed by atoms with E-state index in [2.05, 4.69) is 43.4 Å². The van der Waals surface area contributed by atoms with Gasteiger partial charge in [0.2, 0.25) is 0 Å². The average Bonchev–Trinajstić information content (AvgIpc) is 2.91. The monoisotopic (exact) mass is 615 g/mol. The van der Waals surface area contributed by atoms with Crippen molar-refractivity contribution in [2.24, 2.45) is 0 Å². The smallest absolute Gasteiger partial charge is 0.306 e. The molecule has 0 aliphatic carbocycles. The zero-order chi connectivity index (χ0) is 31.5. The van der Waals surface area contributed by atoms with E-state index in [1.54, 1.807) is 0 Å². The lowest BCUT2D eigenvalue weighted by Crippen LogP contribution is -2.37. The van der Waals surface area contributed by atoms with E-state index in [1.807, 2.05) is 28.1 Å². The van der Waals surface area contributed by atoms with Gasteiger partial charge >= 0.3 is 11.9 Å². The van der Waals surface area contributed by atoms with Gasteiger partial charge in [0.25, 0.3) is 7.82 Å². The van der Waals surface area contributed by atoms with Gasteiger partial charge in [-0.1, -0.05) is 82.4 Å². The molecule has 0 fully saturated rings. The fourth-order valence-corrected chi connectivity index (χ4v) is 4.39. The third-order valence-corrected chi connectivity index (χ3v) is 7.14. The van der Waals surface area contributed by atoms with Gasteiger partial charge in [0.05, 0.1) is 27.7 Å². The lowest BCUT2D eigenvalue weighted by atomic mass is 10.1. The average molecular weight is 616 g/mol. The van der Waals surface area contributed by atoms with Gasteiger partial charge in [-0.2, -0.15) is 0 Å². The van der Waals surface area contributed by atoms with Crippen LogP contribution in [0, 0.1) is 0 Å². The van der Waals surface area contributed by atoms with Crippen LogP contribution in [0.5, 0.6) is 0 Å². The molecule has 0 aliphatic heterocycles. The summed E-state index contributed by atoms with van der Waals surface area (Å²) >= 11 is 0. The Labute approximate surface area is 255 Å². The third-order valence-electron chi connectivity index (χ3n) is 6.17. The van der Waals surface area contributed by atoms with Crippen molar-refractivity contribution in [1.29, 1.82) is 0 Å². The molecule has 0 amide bonds. The van der Waals surface area contributed by atoms with E-state index in [-0.39, 0.29) is 26.1 Å². The number of rotatable bonds is 27. The molecule has 2 atom stereocenters. The van der Waals surface area contributed by atoms with Gasteiger partial charge in [0.1, 0.15) is 19.8 Å². The molecule has 10 heteroatoms. The molecule has 9 nitrogen and oxygen atoms in total. The molecule has 0 bridgehead atoms. The summed E-state index contributed by atoms with van der Waals surface area (Å²) in [6.45, 7) is 3.86. The Hall–Kier alpha value is -1.77. The molecule has 0 rings (SSSR count). The van der Waals surface area contributed by atoms with Crippen LogP contribution in [-0.4, -0.2) is 70.0 Å². The van der Waals surface area contributed by atoms with Crippen molar-refractivity contribution in [2.75, 3.05) is 47.5 Å². The van der Waals surface area contributed by atoms with E-state index in [4.69, 9.17) is 18.5 Å². The quantitative estimate of drug-likeness (QED) is 0.0325. The van der Waals surface area contributed by atoms with Crippen LogP contribution in [-0.2, 0) is 32.7 Å². The summed E-state index contributed by atoms with van der Waals surface area (Å²) in [6.07, 6.45) is 24.0. The minimum Gasteiger partial charge on any atom is -0.756 e. The van der Waals surface area contributed by atoms with Crippen LogP contribution < -0.4 is 4.89 Å². The second kappa shape index (κ2) is 25.7. The number of carbonyl (C=O) groups is 2. The van der Waals surface area contributed by atoms with Crippen molar-refractivity contribution in [3.05, 3.63) is 36.5 Å². The highest BCUT2D eigenvalue weighted by molar-refractivity contribution is 7.45. The predicted octanol–water partition coefficient (Wildman–Crippen LogP) is 6.82. The SMILES string of the molecule is CC/C=C\C/C=C\C/C=C\CCCCCCCC(=O)OC(COC(=O)CCCCC)COP(=O)([O-])OCC[N+](C)(C)C. The Bertz CT molecular complexity index is 835. The second-order valence-electron chi connectivity index (χ2n) is 11.4. The molecule has 0 saturated carbocycles. The number of carbonyl (C=O) groups excluding carboxylic acids is 2. The first-order valence-corrected chi connectivity index (χ1v) is 17.2. The van der Waals surface area contributed by atoms with E-state index in [9.17, 15) is 19.0 Å². The zero-order valence-electron chi connectivity index (χ0n) is 26.9. The molecule has 0 radical (unpaired) electrons. The minimum atomic E-state index is -4.60. The van der Waals surface area contributed by atoms with Crippen LogP contribution in [0.2, 0.25) is 0 Å². The highest BCUT2D eigenvalue weighted by Crippen LogP contribution is 2.38. The van der Waals surface area contributed by atoms with E-state index in [0.29, 0.717) is 23.9 Å². The number of hydrogen-bond acceptors (Lipinski definition) is 8. The van der Waals surface area contributed by atoms with Gasteiger partial charge < -0.3 is 27.9 Å². The van der Waals surface area contributed by atoms with Crippen LogP contribution in [0.4, 0.5) is 0 Å². The minimum absolute atomic E-state index is 0.0357. The summed E-state index contributed by atoms with van der Waals surface area (Å²) in [4.78, 5) is 36.6. The number of esters is 2. The first-order valence-electron chi connectivity index (χ1n) is 15.7. The Morgan fingerprint density at radius 2 is 1.36 bits per heavy atom. The number of nitrogens with zero attached hydrogens (tertiary/aromatic N) is 1. The predicted molar refractivity (Wildman–Crippen MR) is 167 cm³/mol. The first kappa shape index (κ1) is 40.2. The lowest BCUT2D eigenvalue weighted by Gasteiger charge is -2.28. The van der Waals surface area contributed by atoms with Crippen LogP contribution in [0.15, 0.2) is 36.5 Å². The van der Waals surface area contributed by atoms with Crippen molar-refractivity contribution in [3.63, 3.8) is 0 Å². The lowest BCUT2D eigenvalue weighted by molar-refractivity contribution is -0.870. The van der Waals surface area contributed by atoms with Crippen molar-refractivity contribution in [2.45, 2.75) is 110 Å². The molecule has 0 aromatic carbocycles. The number of unbranched alkanes of at least 4 members (excludes halogenated alkanes) is 7. The van der Waals surface area contributed by atoms with Crippen LogP contribution in [0.1, 0.15) is 104 Å². The molecule has 0 heterocycles. The summed E-state index contributed by atoms with van der Waals surface area (Å²) in [5, 5.41) is 0. The molecule has 0 saturated heterocycles. The van der Waals surface area contributed by atoms with Crippen molar-refractivity contribution >= 4 is 19.8 Å². The van der Waals surface area contributed by atoms with Gasteiger partial charge in [-0.3, -0.25) is 14.2 Å². The van der Waals surface area contributed by atoms with Crippen molar-refractivity contribution in [3.8, 4) is 0 Å². The number of ether oxygens (including phenoxy) is 2. The molecule has 0 spiro atoms. The first-order chi connectivity index (χ1) is 20.0. The van der Waals surface area contributed by atoms with E-state index in [1.165, 1.54) is 0 Å². The van der Waals surface area contributed by atoms with Gasteiger partial charge in [-0.15, -0.1) is 0 Å². The molecular weight excluding hydrogens is 557 g/mol. The summed E-state index contributed by atoms with van der Waals surface area (Å²) in [5.41, 5.74) is 0. The van der Waals surface area contributed by atoms with Crippen LogP contribution in [0.3, 0.4) is 0 Å². The highest BCUT2D eigenvalue weighted by Gasteiger charge is 2.21. The van der Waals surface area contributed by atoms with E-state index < -0.39 is 32.5 Å². The van der Waals surface area contributed by atoms with Crippen LogP contribution >= 0.6 is 7.82 Å².